The van der Waals surface area contributed by atoms with Crippen LogP contribution in [0.5, 0.6) is 0 Å². The molecule has 1 unspecified atom stereocenters. The average Bonchev–Trinajstić information content (AvgIpc) is 3.09. The first-order valence-corrected chi connectivity index (χ1v) is 6.51. The molecule has 0 aromatic carbocycles. The summed E-state index contributed by atoms with van der Waals surface area (Å²) in [5.41, 5.74) is 6.42. The quantitative estimate of drug-likeness (QED) is 0.879. The van der Waals surface area contributed by atoms with Crippen LogP contribution < -0.4 is 5.73 Å². The summed E-state index contributed by atoms with van der Waals surface area (Å²) < 4.78 is 5.28. The van der Waals surface area contributed by atoms with E-state index in [2.05, 4.69) is 20.0 Å². The minimum absolute atomic E-state index is 0.546. The van der Waals surface area contributed by atoms with Crippen molar-refractivity contribution >= 4 is 0 Å². The Morgan fingerprint density at radius 1 is 1.42 bits per heavy atom. The smallest absolute Gasteiger partial charge is 0.241 e. The monoisotopic (exact) mass is 259 g/mol. The van der Waals surface area contributed by atoms with Gasteiger partial charge < -0.3 is 10.3 Å². The molecule has 3 rings (SSSR count). The molecule has 1 aliphatic rings. The zero-order valence-corrected chi connectivity index (χ0v) is 10.7. The molecule has 19 heavy (non-hydrogen) atoms. The third-order valence-corrected chi connectivity index (χ3v) is 3.42. The van der Waals surface area contributed by atoms with E-state index in [9.17, 15) is 0 Å². The van der Waals surface area contributed by atoms with Gasteiger partial charge >= 0.3 is 0 Å². The highest BCUT2D eigenvalue weighted by Crippen LogP contribution is 2.18. The summed E-state index contributed by atoms with van der Waals surface area (Å²) in [5, 5.41) is 3.97. The second kappa shape index (κ2) is 5.46. The standard InChI is InChI=1S/C13H17N5O/c14-7-10-4-6-18(8-10)9-12-16-13(17-19-12)11-3-1-2-5-15-11/h1-3,5,10H,4,6-9,14H2. The molecule has 1 atom stereocenters. The average molecular weight is 259 g/mol. The fraction of sp³-hybridized carbons (Fsp3) is 0.462. The highest BCUT2D eigenvalue weighted by molar-refractivity contribution is 5.46. The van der Waals surface area contributed by atoms with Gasteiger partial charge in [-0.25, -0.2) is 0 Å². The lowest BCUT2D eigenvalue weighted by Gasteiger charge is -2.11. The summed E-state index contributed by atoms with van der Waals surface area (Å²) in [7, 11) is 0. The van der Waals surface area contributed by atoms with E-state index < -0.39 is 0 Å². The zero-order valence-electron chi connectivity index (χ0n) is 10.7. The number of nitrogens with two attached hydrogens (primary N) is 1. The van der Waals surface area contributed by atoms with Gasteiger partial charge in [0, 0.05) is 12.7 Å². The molecule has 0 radical (unpaired) electrons. The van der Waals surface area contributed by atoms with Crippen LogP contribution in [0.15, 0.2) is 28.9 Å². The molecule has 2 aromatic rings. The Balaban J connectivity index is 1.66. The number of hydrogen-bond donors (Lipinski definition) is 1. The van der Waals surface area contributed by atoms with Crippen LogP contribution >= 0.6 is 0 Å². The Morgan fingerprint density at radius 3 is 3.11 bits per heavy atom. The van der Waals surface area contributed by atoms with Crippen molar-refractivity contribution in [2.45, 2.75) is 13.0 Å². The fourth-order valence-corrected chi connectivity index (χ4v) is 2.36. The van der Waals surface area contributed by atoms with E-state index >= 15 is 0 Å². The lowest BCUT2D eigenvalue weighted by Crippen LogP contribution is -2.22. The van der Waals surface area contributed by atoms with Gasteiger partial charge in [-0.2, -0.15) is 4.98 Å². The molecule has 2 N–H and O–H groups in total. The van der Waals surface area contributed by atoms with Crippen molar-refractivity contribution in [2.75, 3.05) is 19.6 Å². The summed E-state index contributed by atoms with van der Waals surface area (Å²) in [6.07, 6.45) is 2.87. The van der Waals surface area contributed by atoms with Crippen molar-refractivity contribution in [2.24, 2.45) is 11.7 Å². The van der Waals surface area contributed by atoms with Gasteiger partial charge in [0.05, 0.1) is 6.54 Å². The molecule has 1 aliphatic heterocycles. The molecule has 6 heteroatoms. The molecule has 100 valence electrons. The predicted molar refractivity (Wildman–Crippen MR) is 70.0 cm³/mol. The van der Waals surface area contributed by atoms with Gasteiger partial charge in [0.25, 0.3) is 0 Å². The van der Waals surface area contributed by atoms with Crippen molar-refractivity contribution in [1.29, 1.82) is 0 Å². The number of likely N-dealkylation sites (tertiary alicyclic amines) is 1. The number of hydrogen-bond acceptors (Lipinski definition) is 6. The Morgan fingerprint density at radius 2 is 2.37 bits per heavy atom. The number of nitrogens with zero attached hydrogens (tertiary/aromatic N) is 4. The van der Waals surface area contributed by atoms with Crippen molar-refractivity contribution < 1.29 is 4.52 Å². The lowest BCUT2D eigenvalue weighted by atomic mass is 10.1. The van der Waals surface area contributed by atoms with E-state index in [1.165, 1.54) is 0 Å². The summed E-state index contributed by atoms with van der Waals surface area (Å²) in [6, 6.07) is 5.64. The molecule has 0 amide bonds. The van der Waals surface area contributed by atoms with Crippen LogP contribution in [0.2, 0.25) is 0 Å². The fourth-order valence-electron chi connectivity index (χ4n) is 2.36. The van der Waals surface area contributed by atoms with Crippen LogP contribution in [0, 0.1) is 5.92 Å². The Hall–Kier alpha value is -1.79. The normalized spacial score (nSPS) is 19.9. The summed E-state index contributed by atoms with van der Waals surface area (Å²) in [5.74, 6) is 1.78. The molecule has 6 nitrogen and oxygen atoms in total. The second-order valence-corrected chi connectivity index (χ2v) is 4.85. The molecular weight excluding hydrogens is 242 g/mol. The van der Waals surface area contributed by atoms with E-state index in [1.54, 1.807) is 6.20 Å². The first-order valence-electron chi connectivity index (χ1n) is 6.51. The van der Waals surface area contributed by atoms with Crippen LogP contribution in [-0.2, 0) is 6.54 Å². The Kier molecular flexibility index (Phi) is 3.52. The highest BCUT2D eigenvalue weighted by atomic mass is 16.5. The maximum absolute atomic E-state index is 5.68. The molecule has 2 aromatic heterocycles. The van der Waals surface area contributed by atoms with E-state index in [0.29, 0.717) is 24.2 Å². The van der Waals surface area contributed by atoms with Gasteiger partial charge in [-0.3, -0.25) is 9.88 Å². The Bertz CT molecular complexity index is 527. The van der Waals surface area contributed by atoms with Gasteiger partial charge in [0.1, 0.15) is 5.69 Å². The summed E-state index contributed by atoms with van der Waals surface area (Å²) in [6.45, 7) is 3.50. The van der Waals surface area contributed by atoms with E-state index in [1.807, 2.05) is 18.2 Å². The van der Waals surface area contributed by atoms with Crippen molar-refractivity contribution in [3.63, 3.8) is 0 Å². The van der Waals surface area contributed by atoms with Gasteiger partial charge in [-0.05, 0) is 37.6 Å². The van der Waals surface area contributed by atoms with E-state index in [-0.39, 0.29) is 0 Å². The lowest BCUT2D eigenvalue weighted by molar-refractivity contribution is 0.261. The van der Waals surface area contributed by atoms with Crippen LogP contribution in [0.25, 0.3) is 11.5 Å². The van der Waals surface area contributed by atoms with Crippen LogP contribution in [0.1, 0.15) is 12.3 Å². The predicted octanol–water partition coefficient (Wildman–Crippen LogP) is 0.912. The minimum Gasteiger partial charge on any atom is -0.337 e. The van der Waals surface area contributed by atoms with Crippen LogP contribution in [0.4, 0.5) is 0 Å². The molecule has 1 saturated heterocycles. The maximum atomic E-state index is 5.68. The topological polar surface area (TPSA) is 81.1 Å². The first-order chi connectivity index (χ1) is 9.35. The molecular formula is C13H17N5O. The zero-order chi connectivity index (χ0) is 13.1. The van der Waals surface area contributed by atoms with Crippen LogP contribution in [0.3, 0.4) is 0 Å². The van der Waals surface area contributed by atoms with Gasteiger partial charge in [-0.1, -0.05) is 11.2 Å². The highest BCUT2D eigenvalue weighted by Gasteiger charge is 2.23. The van der Waals surface area contributed by atoms with Crippen molar-refractivity contribution in [3.05, 3.63) is 30.3 Å². The Labute approximate surface area is 111 Å². The largest absolute Gasteiger partial charge is 0.337 e. The molecule has 0 saturated carbocycles. The molecule has 0 bridgehead atoms. The molecule has 0 spiro atoms. The van der Waals surface area contributed by atoms with Gasteiger partial charge in [0.15, 0.2) is 0 Å². The van der Waals surface area contributed by atoms with Crippen molar-refractivity contribution in [3.8, 4) is 11.5 Å². The first kappa shape index (κ1) is 12.3. The molecule has 0 aliphatic carbocycles. The molecule has 1 fully saturated rings. The van der Waals surface area contributed by atoms with Gasteiger partial charge in [-0.15, -0.1) is 0 Å². The van der Waals surface area contributed by atoms with E-state index in [0.717, 1.165) is 31.7 Å². The van der Waals surface area contributed by atoms with Crippen molar-refractivity contribution in [1.82, 2.24) is 20.0 Å². The minimum atomic E-state index is 0.546. The number of pyridine rings is 1. The van der Waals surface area contributed by atoms with Crippen LogP contribution in [-0.4, -0.2) is 39.7 Å². The molecule has 3 heterocycles. The maximum Gasteiger partial charge on any atom is 0.241 e. The van der Waals surface area contributed by atoms with Gasteiger partial charge in [0.2, 0.25) is 11.7 Å². The third kappa shape index (κ3) is 2.80. The number of aromatic nitrogens is 3. The number of rotatable bonds is 4. The second-order valence-electron chi connectivity index (χ2n) is 4.85. The third-order valence-electron chi connectivity index (χ3n) is 3.42. The summed E-state index contributed by atoms with van der Waals surface area (Å²) in [4.78, 5) is 10.9. The van der Waals surface area contributed by atoms with E-state index in [4.69, 9.17) is 10.3 Å². The summed E-state index contributed by atoms with van der Waals surface area (Å²) >= 11 is 0. The SMILES string of the molecule is NCC1CCN(Cc2nc(-c3ccccn3)no2)C1.